The summed E-state index contributed by atoms with van der Waals surface area (Å²) < 4.78 is 5.80. The van der Waals surface area contributed by atoms with Gasteiger partial charge < -0.3 is 14.7 Å². The number of hydrogen-bond donors (Lipinski definition) is 2. The fourth-order valence-electron chi connectivity index (χ4n) is 2.53. The van der Waals surface area contributed by atoms with Gasteiger partial charge >= 0.3 is 0 Å². The molecular weight excluding hydrogens is 266 g/mol. The minimum Gasteiger partial charge on any atom is -0.466 e. The Hall–Kier alpha value is -2.04. The third-order valence-electron chi connectivity index (χ3n) is 3.99. The molecule has 1 fully saturated rings. The van der Waals surface area contributed by atoms with Gasteiger partial charge in [-0.1, -0.05) is 6.92 Å². The summed E-state index contributed by atoms with van der Waals surface area (Å²) in [5.74, 6) is 4.28. The van der Waals surface area contributed by atoms with Crippen molar-refractivity contribution in [3.8, 4) is 0 Å². The Morgan fingerprint density at radius 2 is 2.33 bits per heavy atom. The fraction of sp³-hybridized carbons (Fsp3) is 0.500. The van der Waals surface area contributed by atoms with Crippen molar-refractivity contribution < 1.29 is 9.21 Å². The van der Waals surface area contributed by atoms with Crippen molar-refractivity contribution in [3.05, 3.63) is 41.9 Å². The number of carbonyl (C=O) groups excluding carboxylic acids is 1. The maximum atomic E-state index is 11.8. The topological polar surface area (TPSA) is 70.9 Å². The molecule has 1 aliphatic rings. The molecule has 2 unspecified atom stereocenters. The average molecular weight is 287 g/mol. The number of H-pyrrole nitrogens is 1. The second kappa shape index (κ2) is 6.16. The highest BCUT2D eigenvalue weighted by molar-refractivity contribution is 5.76. The number of rotatable bonds is 7. The number of furan rings is 1. The standard InChI is InChI=1S/C16H21N3O2/c1-11-10-13(11)14-4-2-12(21-14)3-5-16(20)19-7-6-15-17-8-9-18-15/h2,4,8-9,11,13H,3,5-7,10H2,1H3,(H,17,18)(H,19,20). The van der Waals surface area contributed by atoms with E-state index in [2.05, 4.69) is 28.3 Å². The zero-order chi connectivity index (χ0) is 14.7. The molecule has 2 heterocycles. The van der Waals surface area contributed by atoms with Crippen LogP contribution in [0.1, 0.15) is 43.0 Å². The number of aryl methyl sites for hydroxylation is 1. The van der Waals surface area contributed by atoms with Gasteiger partial charge in [-0.05, 0) is 24.5 Å². The molecule has 5 heteroatoms. The molecule has 2 aromatic rings. The van der Waals surface area contributed by atoms with Gasteiger partial charge in [0, 0.05) is 44.1 Å². The average Bonchev–Trinajstić information content (AvgIpc) is 2.90. The van der Waals surface area contributed by atoms with Crippen LogP contribution in [0.15, 0.2) is 28.9 Å². The first kappa shape index (κ1) is 13.9. The number of aromatic nitrogens is 2. The van der Waals surface area contributed by atoms with Crippen LogP contribution in [-0.2, 0) is 17.6 Å². The third kappa shape index (κ3) is 3.74. The number of nitrogens with zero attached hydrogens (tertiary/aromatic N) is 1. The fourth-order valence-corrected chi connectivity index (χ4v) is 2.53. The van der Waals surface area contributed by atoms with Gasteiger partial charge in [-0.25, -0.2) is 4.98 Å². The highest BCUT2D eigenvalue weighted by atomic mass is 16.3. The molecule has 2 N–H and O–H groups in total. The van der Waals surface area contributed by atoms with E-state index in [1.165, 1.54) is 6.42 Å². The SMILES string of the molecule is CC1CC1c1ccc(CCC(=O)NCCc2ncc[nH]2)o1. The zero-order valence-electron chi connectivity index (χ0n) is 12.3. The summed E-state index contributed by atoms with van der Waals surface area (Å²) in [6, 6.07) is 4.05. The molecule has 0 saturated heterocycles. The maximum absolute atomic E-state index is 11.8. The molecule has 21 heavy (non-hydrogen) atoms. The summed E-state index contributed by atoms with van der Waals surface area (Å²) in [4.78, 5) is 18.9. The number of aromatic amines is 1. The molecule has 1 saturated carbocycles. The quantitative estimate of drug-likeness (QED) is 0.821. The molecule has 5 nitrogen and oxygen atoms in total. The van der Waals surface area contributed by atoms with Gasteiger partial charge in [-0.15, -0.1) is 0 Å². The van der Waals surface area contributed by atoms with Crippen molar-refractivity contribution in [1.29, 1.82) is 0 Å². The summed E-state index contributed by atoms with van der Waals surface area (Å²) in [5.41, 5.74) is 0. The Morgan fingerprint density at radius 1 is 1.48 bits per heavy atom. The summed E-state index contributed by atoms with van der Waals surface area (Å²) in [6.45, 7) is 2.84. The van der Waals surface area contributed by atoms with Gasteiger partial charge in [0.2, 0.25) is 5.91 Å². The van der Waals surface area contributed by atoms with Crippen LogP contribution in [0.25, 0.3) is 0 Å². The molecular formula is C16H21N3O2. The molecule has 112 valence electrons. The first-order chi connectivity index (χ1) is 10.2. The molecule has 0 aliphatic heterocycles. The first-order valence-corrected chi connectivity index (χ1v) is 7.56. The van der Waals surface area contributed by atoms with Crippen LogP contribution >= 0.6 is 0 Å². The van der Waals surface area contributed by atoms with Crippen molar-refractivity contribution in [2.75, 3.05) is 6.54 Å². The number of carbonyl (C=O) groups is 1. The molecule has 2 atom stereocenters. The Morgan fingerprint density at radius 3 is 3.05 bits per heavy atom. The van der Waals surface area contributed by atoms with E-state index in [0.717, 1.165) is 29.7 Å². The van der Waals surface area contributed by atoms with Gasteiger partial charge in [0.25, 0.3) is 0 Å². The zero-order valence-corrected chi connectivity index (χ0v) is 12.3. The van der Waals surface area contributed by atoms with Crippen LogP contribution in [0.4, 0.5) is 0 Å². The number of amides is 1. The first-order valence-electron chi connectivity index (χ1n) is 7.56. The number of nitrogens with one attached hydrogen (secondary N) is 2. The highest BCUT2D eigenvalue weighted by Gasteiger charge is 2.36. The van der Waals surface area contributed by atoms with E-state index in [4.69, 9.17) is 4.42 Å². The van der Waals surface area contributed by atoms with E-state index in [9.17, 15) is 4.79 Å². The van der Waals surface area contributed by atoms with E-state index in [1.807, 2.05) is 6.07 Å². The number of imidazole rings is 1. The Balaban J connectivity index is 1.36. The second-order valence-electron chi connectivity index (χ2n) is 5.76. The van der Waals surface area contributed by atoms with Crippen molar-refractivity contribution in [3.63, 3.8) is 0 Å². The minimum atomic E-state index is 0.0549. The van der Waals surface area contributed by atoms with Crippen LogP contribution in [0, 0.1) is 5.92 Å². The van der Waals surface area contributed by atoms with Gasteiger partial charge in [0.1, 0.15) is 17.3 Å². The lowest BCUT2D eigenvalue weighted by Crippen LogP contribution is -2.26. The molecule has 3 rings (SSSR count). The van der Waals surface area contributed by atoms with Gasteiger partial charge in [0.15, 0.2) is 0 Å². The lowest BCUT2D eigenvalue weighted by atomic mass is 10.2. The molecule has 2 aromatic heterocycles. The minimum absolute atomic E-state index is 0.0549. The van der Waals surface area contributed by atoms with Crippen molar-refractivity contribution in [2.24, 2.45) is 5.92 Å². The van der Waals surface area contributed by atoms with Gasteiger partial charge in [-0.3, -0.25) is 4.79 Å². The lowest BCUT2D eigenvalue weighted by molar-refractivity contribution is -0.121. The molecule has 0 radical (unpaired) electrons. The van der Waals surface area contributed by atoms with Crippen LogP contribution in [0.5, 0.6) is 0 Å². The Labute approximate surface area is 124 Å². The van der Waals surface area contributed by atoms with Crippen molar-refractivity contribution in [2.45, 2.75) is 38.5 Å². The Bertz CT molecular complexity index is 588. The van der Waals surface area contributed by atoms with E-state index < -0.39 is 0 Å². The third-order valence-corrected chi connectivity index (χ3v) is 3.99. The van der Waals surface area contributed by atoms with E-state index in [-0.39, 0.29) is 5.91 Å². The van der Waals surface area contributed by atoms with Crippen molar-refractivity contribution >= 4 is 5.91 Å². The van der Waals surface area contributed by atoms with Crippen molar-refractivity contribution in [1.82, 2.24) is 15.3 Å². The summed E-state index contributed by atoms with van der Waals surface area (Å²) in [6.07, 6.45) is 6.57. The molecule has 1 amide bonds. The largest absolute Gasteiger partial charge is 0.466 e. The summed E-state index contributed by atoms with van der Waals surface area (Å²) in [7, 11) is 0. The van der Waals surface area contributed by atoms with Gasteiger partial charge in [0.05, 0.1) is 0 Å². The monoisotopic (exact) mass is 287 g/mol. The molecule has 0 spiro atoms. The second-order valence-corrected chi connectivity index (χ2v) is 5.76. The van der Waals surface area contributed by atoms with Crippen LogP contribution in [0.2, 0.25) is 0 Å². The summed E-state index contributed by atoms with van der Waals surface area (Å²) >= 11 is 0. The van der Waals surface area contributed by atoms with E-state index in [1.54, 1.807) is 12.4 Å². The smallest absolute Gasteiger partial charge is 0.220 e. The lowest BCUT2D eigenvalue weighted by Gasteiger charge is -2.03. The maximum Gasteiger partial charge on any atom is 0.220 e. The van der Waals surface area contributed by atoms with E-state index in [0.29, 0.717) is 25.3 Å². The highest BCUT2D eigenvalue weighted by Crippen LogP contribution is 2.47. The van der Waals surface area contributed by atoms with Gasteiger partial charge in [-0.2, -0.15) is 0 Å². The predicted octanol–water partition coefficient (Wildman–Crippen LogP) is 2.42. The molecule has 0 bridgehead atoms. The van der Waals surface area contributed by atoms with Crippen LogP contribution in [-0.4, -0.2) is 22.4 Å². The molecule has 0 aromatic carbocycles. The Kier molecular flexibility index (Phi) is 4.08. The number of hydrogen-bond acceptors (Lipinski definition) is 3. The van der Waals surface area contributed by atoms with Crippen LogP contribution in [0.3, 0.4) is 0 Å². The predicted molar refractivity (Wildman–Crippen MR) is 78.9 cm³/mol. The normalized spacial score (nSPS) is 20.4. The summed E-state index contributed by atoms with van der Waals surface area (Å²) in [5, 5.41) is 2.90. The van der Waals surface area contributed by atoms with E-state index >= 15 is 0 Å². The molecule has 1 aliphatic carbocycles. The van der Waals surface area contributed by atoms with Crippen LogP contribution < -0.4 is 5.32 Å².